The molecular formula is C31H34N2O3. The molecule has 1 saturated carbocycles. The van der Waals surface area contributed by atoms with E-state index in [1.807, 2.05) is 44.3 Å². The molecule has 1 saturated heterocycles. The maximum atomic E-state index is 13.3. The molecule has 2 aliphatic heterocycles. The molecule has 2 aliphatic carbocycles. The van der Waals surface area contributed by atoms with Crippen LogP contribution in [0.2, 0.25) is 0 Å². The summed E-state index contributed by atoms with van der Waals surface area (Å²) in [6, 6.07) is 12.0. The Bertz CT molecular complexity index is 1320. The largest absolute Gasteiger partial charge is 0.504 e. The number of carbonyl (C=O) groups is 1. The number of benzene rings is 2. The molecule has 0 unspecified atom stereocenters. The Morgan fingerprint density at radius 2 is 2.17 bits per heavy atom. The van der Waals surface area contributed by atoms with Gasteiger partial charge in [-0.3, -0.25) is 9.69 Å². The number of hydrogen-bond acceptors (Lipinski definition) is 4. The minimum absolute atomic E-state index is 0.0153. The van der Waals surface area contributed by atoms with Gasteiger partial charge in [0.1, 0.15) is 6.10 Å². The highest BCUT2D eigenvalue weighted by atomic mass is 16.5. The van der Waals surface area contributed by atoms with Crippen LogP contribution in [0.4, 0.5) is 0 Å². The molecular weight excluding hydrogens is 448 g/mol. The summed E-state index contributed by atoms with van der Waals surface area (Å²) in [6.45, 7) is 10.3. The zero-order chi connectivity index (χ0) is 25.2. The van der Waals surface area contributed by atoms with Crippen molar-refractivity contribution < 1.29 is 14.6 Å². The van der Waals surface area contributed by atoms with Crippen LogP contribution < -0.4 is 4.74 Å². The monoisotopic (exact) mass is 482 g/mol. The molecule has 5 heteroatoms. The number of ether oxygens (including phenoxy) is 1. The maximum Gasteiger partial charge on any atom is 0.298 e. The van der Waals surface area contributed by atoms with Crippen LogP contribution in [0.25, 0.3) is 0 Å². The summed E-state index contributed by atoms with van der Waals surface area (Å²) < 4.78 is 6.70. The van der Waals surface area contributed by atoms with E-state index in [9.17, 15) is 9.90 Å². The van der Waals surface area contributed by atoms with Crippen LogP contribution in [0.3, 0.4) is 0 Å². The first-order chi connectivity index (χ1) is 17.3. The highest BCUT2D eigenvalue weighted by Gasteiger charge is 2.71. The van der Waals surface area contributed by atoms with Crippen molar-refractivity contribution in [3.8, 4) is 23.3 Å². The molecule has 1 N–H and O–H groups in total. The number of amides is 1. The number of piperidine rings is 1. The van der Waals surface area contributed by atoms with Gasteiger partial charge in [-0.05, 0) is 73.9 Å². The molecule has 6 rings (SSSR count). The first-order valence-corrected chi connectivity index (χ1v) is 13.0. The number of carbonyl (C=O) groups excluding carboxylic acids is 1. The van der Waals surface area contributed by atoms with Gasteiger partial charge < -0.3 is 14.7 Å². The Morgan fingerprint density at radius 3 is 2.94 bits per heavy atom. The molecule has 5 atom stereocenters. The fourth-order valence-electron chi connectivity index (χ4n) is 7.93. The van der Waals surface area contributed by atoms with Crippen molar-refractivity contribution in [3.05, 3.63) is 71.3 Å². The van der Waals surface area contributed by atoms with Crippen molar-refractivity contribution in [2.75, 3.05) is 20.1 Å². The Labute approximate surface area is 213 Å². The van der Waals surface area contributed by atoms with Gasteiger partial charge >= 0.3 is 0 Å². The van der Waals surface area contributed by atoms with E-state index >= 15 is 0 Å². The Balaban J connectivity index is 1.39. The van der Waals surface area contributed by atoms with Gasteiger partial charge in [0.05, 0.1) is 6.04 Å². The van der Waals surface area contributed by atoms with E-state index in [4.69, 9.17) is 4.74 Å². The molecule has 0 aromatic heterocycles. The second kappa shape index (κ2) is 8.15. The number of rotatable bonds is 3. The summed E-state index contributed by atoms with van der Waals surface area (Å²) in [7, 11) is 1.86. The average molecular weight is 483 g/mol. The second-order valence-corrected chi connectivity index (χ2v) is 11.3. The topological polar surface area (TPSA) is 53.0 Å². The van der Waals surface area contributed by atoms with E-state index in [0.29, 0.717) is 11.8 Å². The van der Waals surface area contributed by atoms with Crippen molar-refractivity contribution in [3.63, 3.8) is 0 Å². The van der Waals surface area contributed by atoms with Gasteiger partial charge in [0.2, 0.25) is 0 Å². The lowest BCUT2D eigenvalue weighted by Crippen LogP contribution is -2.73. The van der Waals surface area contributed by atoms with Gasteiger partial charge in [0.15, 0.2) is 11.5 Å². The maximum absolute atomic E-state index is 13.3. The van der Waals surface area contributed by atoms with Crippen molar-refractivity contribution in [2.24, 2.45) is 5.41 Å². The van der Waals surface area contributed by atoms with Crippen LogP contribution in [0.5, 0.6) is 11.5 Å². The summed E-state index contributed by atoms with van der Waals surface area (Å²) in [5, 5.41) is 10.8. The SMILES string of the molecule is C=CCN1CC[C@]23c4c5ccc(O)c4O[C@H]2[C@H](N(C)C(=O)C#Cc2cccc(C)c2)CC[C@@]3(C)[C@H]1C5. The summed E-state index contributed by atoms with van der Waals surface area (Å²) in [5.74, 6) is 6.57. The Kier molecular flexibility index (Phi) is 5.25. The van der Waals surface area contributed by atoms with Gasteiger partial charge in [-0.15, -0.1) is 6.58 Å². The van der Waals surface area contributed by atoms with Gasteiger partial charge in [-0.1, -0.05) is 37.1 Å². The van der Waals surface area contributed by atoms with Crippen LogP contribution in [-0.4, -0.2) is 59.1 Å². The number of phenols is 1. The van der Waals surface area contributed by atoms with E-state index in [2.05, 4.69) is 36.3 Å². The van der Waals surface area contributed by atoms with E-state index in [1.165, 1.54) is 11.1 Å². The van der Waals surface area contributed by atoms with Gasteiger partial charge in [-0.25, -0.2) is 0 Å². The Hall–Kier alpha value is -3.23. The van der Waals surface area contributed by atoms with Crippen LogP contribution in [-0.2, 0) is 16.6 Å². The van der Waals surface area contributed by atoms with Gasteiger partial charge in [0, 0.05) is 42.1 Å². The number of nitrogens with zero attached hydrogens (tertiary/aromatic N) is 2. The van der Waals surface area contributed by atoms with Crippen LogP contribution in [0, 0.1) is 24.2 Å². The first-order valence-electron chi connectivity index (χ1n) is 13.0. The van der Waals surface area contributed by atoms with Crippen LogP contribution in [0.15, 0.2) is 49.1 Å². The van der Waals surface area contributed by atoms with E-state index in [-0.39, 0.29) is 34.6 Å². The molecule has 1 amide bonds. The first kappa shape index (κ1) is 23.2. The number of hydrogen-bond donors (Lipinski definition) is 1. The lowest BCUT2D eigenvalue weighted by atomic mass is 9.43. The molecule has 0 radical (unpaired) electrons. The molecule has 2 heterocycles. The highest BCUT2D eigenvalue weighted by molar-refractivity contribution is 5.94. The summed E-state index contributed by atoms with van der Waals surface area (Å²) in [6.07, 6.45) is 5.53. The molecule has 186 valence electrons. The smallest absolute Gasteiger partial charge is 0.298 e. The number of aryl methyl sites for hydroxylation is 1. The quantitative estimate of drug-likeness (QED) is 0.527. The average Bonchev–Trinajstić information content (AvgIpc) is 3.21. The predicted molar refractivity (Wildman–Crippen MR) is 140 cm³/mol. The second-order valence-electron chi connectivity index (χ2n) is 11.3. The molecule has 1 spiro atoms. The minimum atomic E-state index is -0.238. The zero-order valence-corrected chi connectivity index (χ0v) is 21.4. The summed E-state index contributed by atoms with van der Waals surface area (Å²) >= 11 is 0. The minimum Gasteiger partial charge on any atom is -0.504 e. The van der Waals surface area contributed by atoms with Crippen LogP contribution >= 0.6 is 0 Å². The molecule has 36 heavy (non-hydrogen) atoms. The van der Waals surface area contributed by atoms with Crippen LogP contribution in [0.1, 0.15) is 48.4 Å². The lowest BCUT2D eigenvalue weighted by molar-refractivity contribution is -0.148. The third kappa shape index (κ3) is 3.04. The van der Waals surface area contributed by atoms with Crippen molar-refractivity contribution >= 4 is 5.91 Å². The predicted octanol–water partition coefficient (Wildman–Crippen LogP) is 4.19. The Morgan fingerprint density at radius 1 is 1.33 bits per heavy atom. The third-order valence-corrected chi connectivity index (χ3v) is 9.62. The number of likely N-dealkylation sites (N-methyl/N-ethyl adjacent to an activating group) is 1. The fraction of sp³-hybridized carbons (Fsp3) is 0.452. The lowest BCUT2D eigenvalue weighted by Gasteiger charge is -2.66. The van der Waals surface area contributed by atoms with Gasteiger partial charge in [0.25, 0.3) is 5.91 Å². The zero-order valence-electron chi connectivity index (χ0n) is 21.4. The highest BCUT2D eigenvalue weighted by Crippen LogP contribution is 2.69. The molecule has 4 aliphatic rings. The van der Waals surface area contributed by atoms with Crippen molar-refractivity contribution in [1.82, 2.24) is 9.80 Å². The van der Waals surface area contributed by atoms with Gasteiger partial charge in [-0.2, -0.15) is 0 Å². The third-order valence-electron chi connectivity index (χ3n) is 9.62. The molecule has 2 aromatic carbocycles. The standard InChI is InChI=1S/C31H34N2O3/c1-5-16-33-17-15-31-27-22-10-11-24(34)28(27)36-29(31)23(13-14-30(31,3)25(33)19-22)32(4)26(35)12-9-21-8-6-7-20(2)18-21/h5-8,10-11,18,23,25,29,34H,1,13-17,19H2,2-4H3/t23-,25-,29+,30+,31+/m1/s1. The van der Waals surface area contributed by atoms with E-state index in [0.717, 1.165) is 49.9 Å². The van der Waals surface area contributed by atoms with Crippen molar-refractivity contribution in [2.45, 2.75) is 63.1 Å². The molecule has 2 aromatic rings. The van der Waals surface area contributed by atoms with Crippen molar-refractivity contribution in [1.29, 1.82) is 0 Å². The fourth-order valence-corrected chi connectivity index (χ4v) is 7.93. The number of aromatic hydroxyl groups is 1. The molecule has 2 bridgehead atoms. The van der Waals surface area contributed by atoms with E-state index in [1.54, 1.807) is 11.0 Å². The molecule has 2 fully saturated rings. The summed E-state index contributed by atoms with van der Waals surface area (Å²) in [4.78, 5) is 17.7. The normalized spacial score (nSPS) is 31.5. The summed E-state index contributed by atoms with van der Waals surface area (Å²) in [5.41, 5.74) is 4.18. The number of phenolic OH excluding ortho intramolecular Hbond substituents is 1. The number of likely N-dealkylation sites (tertiary alicyclic amines) is 1. The molecule has 5 nitrogen and oxygen atoms in total. The van der Waals surface area contributed by atoms with E-state index < -0.39 is 0 Å².